The average Bonchev–Trinajstić information content (AvgIpc) is 2.71. The maximum Gasteiger partial charge on any atom is 0.338 e. The van der Waals surface area contributed by atoms with Crippen molar-refractivity contribution in [1.29, 1.82) is 0 Å². The minimum atomic E-state index is -0.321. The highest BCUT2D eigenvalue weighted by molar-refractivity contribution is 5.94. The van der Waals surface area contributed by atoms with E-state index in [0.29, 0.717) is 17.9 Å². The maximum atomic E-state index is 11.6. The highest BCUT2D eigenvalue weighted by Crippen LogP contribution is 2.24. The molecular weight excluding hydrogens is 218 g/mol. The van der Waals surface area contributed by atoms with Crippen molar-refractivity contribution in [3.63, 3.8) is 0 Å². The predicted octanol–water partition coefficient (Wildman–Crippen LogP) is 2.63. The first-order valence-corrected chi connectivity index (χ1v) is 5.58. The van der Waals surface area contributed by atoms with Crippen LogP contribution in [-0.2, 0) is 4.74 Å². The van der Waals surface area contributed by atoms with Gasteiger partial charge in [-0.1, -0.05) is 0 Å². The number of furan rings is 1. The molecule has 0 saturated carbocycles. The standard InChI is InChI=1S/C13H15NO3/c1-3-16-13(15)9-4-5-11-10(6-9)7-12(17-11)8(2)14/h4-8H,3,14H2,1-2H3. The molecule has 0 aliphatic rings. The van der Waals surface area contributed by atoms with E-state index < -0.39 is 0 Å². The number of nitrogens with two attached hydrogens (primary N) is 1. The zero-order chi connectivity index (χ0) is 12.4. The molecule has 0 spiro atoms. The van der Waals surface area contributed by atoms with Crippen molar-refractivity contribution >= 4 is 16.9 Å². The monoisotopic (exact) mass is 233 g/mol. The van der Waals surface area contributed by atoms with E-state index in [0.717, 1.165) is 11.0 Å². The molecule has 4 nitrogen and oxygen atoms in total. The SMILES string of the molecule is CCOC(=O)c1ccc2oc(C(C)N)cc2c1. The van der Waals surface area contributed by atoms with Gasteiger partial charge in [-0.3, -0.25) is 0 Å². The molecule has 0 amide bonds. The van der Waals surface area contributed by atoms with Gasteiger partial charge in [-0.15, -0.1) is 0 Å². The minimum absolute atomic E-state index is 0.159. The Morgan fingerprint density at radius 2 is 2.24 bits per heavy atom. The lowest BCUT2D eigenvalue weighted by atomic mass is 10.1. The van der Waals surface area contributed by atoms with Crippen LogP contribution < -0.4 is 5.73 Å². The summed E-state index contributed by atoms with van der Waals surface area (Å²) in [5, 5.41) is 0.864. The van der Waals surface area contributed by atoms with Crippen molar-refractivity contribution < 1.29 is 13.9 Å². The molecule has 0 fully saturated rings. The van der Waals surface area contributed by atoms with Gasteiger partial charge in [0, 0.05) is 5.39 Å². The van der Waals surface area contributed by atoms with Crippen LogP contribution in [0.4, 0.5) is 0 Å². The van der Waals surface area contributed by atoms with E-state index in [2.05, 4.69) is 0 Å². The van der Waals surface area contributed by atoms with Crippen LogP contribution in [0.25, 0.3) is 11.0 Å². The molecule has 90 valence electrons. The Bertz CT molecular complexity index is 543. The highest BCUT2D eigenvalue weighted by Gasteiger charge is 2.11. The van der Waals surface area contributed by atoms with Crippen LogP contribution in [0.15, 0.2) is 28.7 Å². The number of ether oxygens (including phenoxy) is 1. The van der Waals surface area contributed by atoms with Crippen molar-refractivity contribution in [2.75, 3.05) is 6.61 Å². The minimum Gasteiger partial charge on any atom is -0.462 e. The molecule has 1 heterocycles. The lowest BCUT2D eigenvalue weighted by molar-refractivity contribution is 0.0526. The fraction of sp³-hybridized carbons (Fsp3) is 0.308. The van der Waals surface area contributed by atoms with Crippen LogP contribution in [0.1, 0.15) is 36.0 Å². The van der Waals surface area contributed by atoms with Gasteiger partial charge in [0.2, 0.25) is 0 Å². The number of esters is 1. The summed E-state index contributed by atoms with van der Waals surface area (Å²) in [6.45, 7) is 4.00. The maximum absolute atomic E-state index is 11.6. The number of fused-ring (bicyclic) bond motifs is 1. The van der Waals surface area contributed by atoms with Gasteiger partial charge in [-0.2, -0.15) is 0 Å². The van der Waals surface area contributed by atoms with E-state index in [4.69, 9.17) is 14.9 Å². The lowest BCUT2D eigenvalue weighted by Crippen LogP contribution is -2.03. The Morgan fingerprint density at radius 1 is 1.47 bits per heavy atom. The molecule has 2 N–H and O–H groups in total. The second-order valence-corrected chi connectivity index (χ2v) is 3.91. The zero-order valence-electron chi connectivity index (χ0n) is 9.90. The normalized spacial score (nSPS) is 12.6. The van der Waals surface area contributed by atoms with Gasteiger partial charge in [-0.05, 0) is 38.1 Å². The Balaban J connectivity index is 2.40. The number of benzene rings is 1. The van der Waals surface area contributed by atoms with Gasteiger partial charge in [0.05, 0.1) is 18.2 Å². The zero-order valence-corrected chi connectivity index (χ0v) is 9.90. The molecule has 2 rings (SSSR count). The quantitative estimate of drug-likeness (QED) is 0.827. The smallest absolute Gasteiger partial charge is 0.338 e. The van der Waals surface area contributed by atoms with Crippen molar-refractivity contribution in [2.24, 2.45) is 5.73 Å². The van der Waals surface area contributed by atoms with E-state index in [1.807, 2.05) is 13.0 Å². The summed E-state index contributed by atoms with van der Waals surface area (Å²) in [5.41, 5.74) is 6.99. The first kappa shape index (κ1) is 11.7. The van der Waals surface area contributed by atoms with Crippen LogP contribution in [0.3, 0.4) is 0 Å². The van der Waals surface area contributed by atoms with Crippen LogP contribution >= 0.6 is 0 Å². The van der Waals surface area contributed by atoms with E-state index in [9.17, 15) is 4.79 Å². The summed E-state index contributed by atoms with van der Waals surface area (Å²) in [7, 11) is 0. The lowest BCUT2D eigenvalue weighted by Gasteiger charge is -2.00. The Morgan fingerprint density at radius 3 is 2.88 bits per heavy atom. The average molecular weight is 233 g/mol. The summed E-state index contributed by atoms with van der Waals surface area (Å²) in [6, 6.07) is 6.89. The predicted molar refractivity (Wildman–Crippen MR) is 64.8 cm³/mol. The number of carbonyl (C=O) groups is 1. The first-order valence-electron chi connectivity index (χ1n) is 5.58. The molecule has 17 heavy (non-hydrogen) atoms. The molecular formula is C13H15NO3. The summed E-state index contributed by atoms with van der Waals surface area (Å²) in [5.74, 6) is 0.388. The molecule has 1 atom stereocenters. The van der Waals surface area contributed by atoms with Gasteiger partial charge >= 0.3 is 5.97 Å². The fourth-order valence-electron chi connectivity index (χ4n) is 1.63. The number of hydrogen-bond donors (Lipinski definition) is 1. The largest absolute Gasteiger partial charge is 0.462 e. The Labute approximate surface area is 99.3 Å². The third-order valence-electron chi connectivity index (χ3n) is 2.50. The van der Waals surface area contributed by atoms with Crippen LogP contribution in [0, 0.1) is 0 Å². The number of carbonyl (C=O) groups excluding carboxylic acids is 1. The first-order chi connectivity index (χ1) is 8.11. The molecule has 0 aliphatic carbocycles. The van der Waals surface area contributed by atoms with Crippen molar-refractivity contribution in [2.45, 2.75) is 19.9 Å². The molecule has 1 aromatic heterocycles. The van der Waals surface area contributed by atoms with E-state index in [1.54, 1.807) is 25.1 Å². The molecule has 4 heteroatoms. The topological polar surface area (TPSA) is 65.5 Å². The van der Waals surface area contributed by atoms with Gasteiger partial charge < -0.3 is 14.9 Å². The van der Waals surface area contributed by atoms with E-state index in [-0.39, 0.29) is 12.0 Å². The van der Waals surface area contributed by atoms with E-state index >= 15 is 0 Å². The molecule has 0 aliphatic heterocycles. The van der Waals surface area contributed by atoms with Crippen LogP contribution in [0.2, 0.25) is 0 Å². The third kappa shape index (κ3) is 2.31. The summed E-state index contributed by atoms with van der Waals surface area (Å²) < 4.78 is 10.5. The highest BCUT2D eigenvalue weighted by atomic mass is 16.5. The molecule has 2 aromatic rings. The second-order valence-electron chi connectivity index (χ2n) is 3.91. The van der Waals surface area contributed by atoms with Crippen LogP contribution in [0.5, 0.6) is 0 Å². The molecule has 1 aromatic carbocycles. The number of rotatable bonds is 3. The molecule has 0 saturated heterocycles. The van der Waals surface area contributed by atoms with Crippen molar-refractivity contribution in [3.8, 4) is 0 Å². The fourth-order valence-corrected chi connectivity index (χ4v) is 1.63. The molecule has 1 unspecified atom stereocenters. The van der Waals surface area contributed by atoms with Gasteiger partial charge in [0.15, 0.2) is 0 Å². The van der Waals surface area contributed by atoms with E-state index in [1.165, 1.54) is 0 Å². The van der Waals surface area contributed by atoms with Crippen LogP contribution in [-0.4, -0.2) is 12.6 Å². The number of hydrogen-bond acceptors (Lipinski definition) is 4. The van der Waals surface area contributed by atoms with Crippen molar-refractivity contribution in [1.82, 2.24) is 0 Å². The Kier molecular flexibility index (Phi) is 3.15. The Hall–Kier alpha value is -1.81. The molecule has 0 bridgehead atoms. The van der Waals surface area contributed by atoms with Crippen molar-refractivity contribution in [3.05, 3.63) is 35.6 Å². The molecule has 0 radical (unpaired) electrons. The summed E-state index contributed by atoms with van der Waals surface area (Å²) >= 11 is 0. The third-order valence-corrected chi connectivity index (χ3v) is 2.50. The second kappa shape index (κ2) is 4.59. The summed E-state index contributed by atoms with van der Waals surface area (Å²) in [4.78, 5) is 11.6. The summed E-state index contributed by atoms with van der Waals surface area (Å²) in [6.07, 6.45) is 0. The van der Waals surface area contributed by atoms with Gasteiger partial charge in [0.1, 0.15) is 11.3 Å². The van der Waals surface area contributed by atoms with Gasteiger partial charge in [-0.25, -0.2) is 4.79 Å². The van der Waals surface area contributed by atoms with Gasteiger partial charge in [0.25, 0.3) is 0 Å².